The van der Waals surface area contributed by atoms with Gasteiger partial charge in [0.05, 0.1) is 10.2 Å². The fourth-order valence-electron chi connectivity index (χ4n) is 1.71. The van der Waals surface area contributed by atoms with Crippen LogP contribution in [-0.4, -0.2) is 35.8 Å². The zero-order chi connectivity index (χ0) is 13.2. The van der Waals surface area contributed by atoms with E-state index in [4.69, 9.17) is 4.74 Å². The maximum Gasteiger partial charge on any atom is 0.422 e. The molecule has 0 amide bonds. The van der Waals surface area contributed by atoms with Gasteiger partial charge < -0.3 is 9.47 Å². The molecule has 0 bridgehead atoms. The van der Waals surface area contributed by atoms with E-state index in [9.17, 15) is 13.2 Å². The van der Waals surface area contributed by atoms with Crippen LogP contribution in [-0.2, 0) is 11.3 Å². The van der Waals surface area contributed by atoms with Gasteiger partial charge in [-0.25, -0.2) is 0 Å². The molecule has 0 N–H and O–H groups in total. The maximum absolute atomic E-state index is 12.0. The minimum absolute atomic E-state index is 0.0341. The highest BCUT2D eigenvalue weighted by molar-refractivity contribution is 14.1. The second-order valence-electron chi connectivity index (χ2n) is 4.14. The summed E-state index contributed by atoms with van der Waals surface area (Å²) in [6.07, 6.45) is -1.70. The molecule has 0 aliphatic carbocycles. The Morgan fingerprint density at radius 2 is 2.33 bits per heavy atom. The van der Waals surface area contributed by atoms with Crippen LogP contribution in [0.3, 0.4) is 0 Å². The first-order valence-corrected chi connectivity index (χ1v) is 6.52. The second kappa shape index (κ2) is 5.64. The standard InChI is InChI=1S/C10H12F3IN2O2/c11-10(12,13)6-18-9-8(14)4-16(15-9)3-7-1-2-17-5-7/h4,7H,1-3,5-6H2. The number of aromatic nitrogens is 2. The highest BCUT2D eigenvalue weighted by Crippen LogP contribution is 2.23. The summed E-state index contributed by atoms with van der Waals surface area (Å²) in [7, 11) is 0. The summed E-state index contributed by atoms with van der Waals surface area (Å²) in [5.74, 6) is 0.406. The van der Waals surface area contributed by atoms with Crippen molar-refractivity contribution in [3.63, 3.8) is 0 Å². The van der Waals surface area contributed by atoms with Crippen molar-refractivity contribution < 1.29 is 22.6 Å². The number of rotatable bonds is 4. The molecule has 1 fully saturated rings. The number of alkyl halides is 3. The van der Waals surface area contributed by atoms with Gasteiger partial charge in [0, 0.05) is 25.3 Å². The van der Waals surface area contributed by atoms with Gasteiger partial charge in [0.15, 0.2) is 6.61 Å². The number of hydrogen-bond acceptors (Lipinski definition) is 3. The van der Waals surface area contributed by atoms with Crippen molar-refractivity contribution in [1.29, 1.82) is 0 Å². The fourth-order valence-corrected chi connectivity index (χ4v) is 2.30. The first kappa shape index (κ1) is 13.9. The lowest BCUT2D eigenvalue weighted by atomic mass is 10.1. The van der Waals surface area contributed by atoms with Gasteiger partial charge in [-0.15, -0.1) is 5.10 Å². The van der Waals surface area contributed by atoms with Crippen molar-refractivity contribution in [2.45, 2.75) is 19.1 Å². The number of hydrogen-bond donors (Lipinski definition) is 0. The SMILES string of the molecule is FC(F)(F)COc1nn(CC2CCOC2)cc1I. The molecule has 4 nitrogen and oxygen atoms in total. The van der Waals surface area contributed by atoms with Crippen molar-refractivity contribution in [3.05, 3.63) is 9.77 Å². The molecule has 2 rings (SSSR count). The average Bonchev–Trinajstić information content (AvgIpc) is 2.85. The van der Waals surface area contributed by atoms with E-state index in [1.807, 2.05) is 22.6 Å². The van der Waals surface area contributed by atoms with Crippen LogP contribution in [0.15, 0.2) is 6.20 Å². The second-order valence-corrected chi connectivity index (χ2v) is 5.30. The third-order valence-corrected chi connectivity index (χ3v) is 3.27. The molecule has 0 spiro atoms. The third-order valence-electron chi connectivity index (χ3n) is 2.53. The molecule has 8 heteroatoms. The van der Waals surface area contributed by atoms with E-state index < -0.39 is 12.8 Å². The molecule has 0 saturated carbocycles. The molecule has 0 radical (unpaired) electrons. The molecular weight excluding hydrogens is 364 g/mol. The highest BCUT2D eigenvalue weighted by Gasteiger charge is 2.29. The minimum Gasteiger partial charge on any atom is -0.466 e. The summed E-state index contributed by atoms with van der Waals surface area (Å²) < 4.78 is 48.2. The van der Waals surface area contributed by atoms with Crippen molar-refractivity contribution in [2.75, 3.05) is 19.8 Å². The molecule has 1 aliphatic heterocycles. The van der Waals surface area contributed by atoms with Gasteiger partial charge in [-0.3, -0.25) is 4.68 Å². The lowest BCUT2D eigenvalue weighted by molar-refractivity contribution is -0.154. The molecule has 1 aromatic rings. The van der Waals surface area contributed by atoms with Gasteiger partial charge >= 0.3 is 6.18 Å². The normalized spacial score (nSPS) is 20.3. The quantitative estimate of drug-likeness (QED) is 0.758. The first-order valence-electron chi connectivity index (χ1n) is 5.44. The van der Waals surface area contributed by atoms with Gasteiger partial charge in [-0.2, -0.15) is 13.2 Å². The molecule has 0 aromatic carbocycles. The Morgan fingerprint density at radius 3 is 2.94 bits per heavy atom. The largest absolute Gasteiger partial charge is 0.466 e. The Balaban J connectivity index is 1.93. The highest BCUT2D eigenvalue weighted by atomic mass is 127. The van der Waals surface area contributed by atoms with Crippen LogP contribution in [0.2, 0.25) is 0 Å². The zero-order valence-electron chi connectivity index (χ0n) is 9.41. The van der Waals surface area contributed by atoms with Gasteiger partial charge in [0.25, 0.3) is 0 Å². The molecule has 1 unspecified atom stereocenters. The van der Waals surface area contributed by atoms with E-state index in [0.717, 1.165) is 13.0 Å². The van der Waals surface area contributed by atoms with E-state index in [1.54, 1.807) is 10.9 Å². The van der Waals surface area contributed by atoms with Crippen LogP contribution in [0.4, 0.5) is 13.2 Å². The van der Waals surface area contributed by atoms with Crippen LogP contribution < -0.4 is 4.74 Å². The summed E-state index contributed by atoms with van der Waals surface area (Å²) in [5.41, 5.74) is 0. The number of halogens is 4. The molecule has 1 saturated heterocycles. The van der Waals surface area contributed by atoms with Gasteiger partial charge in [-0.05, 0) is 29.0 Å². The van der Waals surface area contributed by atoms with Gasteiger partial charge in [0.2, 0.25) is 5.88 Å². The zero-order valence-corrected chi connectivity index (χ0v) is 11.6. The minimum atomic E-state index is -4.34. The van der Waals surface area contributed by atoms with E-state index in [-0.39, 0.29) is 5.88 Å². The lowest BCUT2D eigenvalue weighted by Crippen LogP contribution is -2.20. The van der Waals surface area contributed by atoms with Crippen LogP contribution in [0.1, 0.15) is 6.42 Å². The monoisotopic (exact) mass is 376 g/mol. The summed E-state index contributed by atoms with van der Waals surface area (Å²) in [6, 6.07) is 0. The number of ether oxygens (including phenoxy) is 2. The third kappa shape index (κ3) is 4.01. The van der Waals surface area contributed by atoms with E-state index in [2.05, 4.69) is 9.84 Å². The Bertz CT molecular complexity index is 402. The molecule has 18 heavy (non-hydrogen) atoms. The first-order chi connectivity index (χ1) is 8.44. The lowest BCUT2D eigenvalue weighted by Gasteiger charge is -2.08. The van der Waals surface area contributed by atoms with E-state index >= 15 is 0 Å². The van der Waals surface area contributed by atoms with Crippen molar-refractivity contribution in [3.8, 4) is 5.88 Å². The van der Waals surface area contributed by atoms with Crippen molar-refractivity contribution in [1.82, 2.24) is 9.78 Å². The Labute approximate surface area is 116 Å². The average molecular weight is 376 g/mol. The predicted octanol–water partition coefficient (Wildman–Crippen LogP) is 2.47. The number of nitrogens with zero attached hydrogens (tertiary/aromatic N) is 2. The molecule has 1 aromatic heterocycles. The maximum atomic E-state index is 12.0. The molecule has 1 aliphatic rings. The summed E-state index contributed by atoms with van der Waals surface area (Å²) in [6.45, 7) is 0.744. The van der Waals surface area contributed by atoms with Gasteiger partial charge in [-0.1, -0.05) is 0 Å². The molecule has 2 heterocycles. The summed E-state index contributed by atoms with van der Waals surface area (Å²) in [4.78, 5) is 0. The van der Waals surface area contributed by atoms with Gasteiger partial charge in [0.1, 0.15) is 0 Å². The summed E-state index contributed by atoms with van der Waals surface area (Å²) >= 11 is 1.91. The fraction of sp³-hybridized carbons (Fsp3) is 0.700. The van der Waals surface area contributed by atoms with Crippen LogP contribution in [0.25, 0.3) is 0 Å². The molecular formula is C10H12F3IN2O2. The smallest absolute Gasteiger partial charge is 0.422 e. The topological polar surface area (TPSA) is 36.3 Å². The molecule has 1 atom stereocenters. The van der Waals surface area contributed by atoms with Crippen LogP contribution in [0.5, 0.6) is 5.88 Å². The van der Waals surface area contributed by atoms with E-state index in [1.165, 1.54) is 0 Å². The van der Waals surface area contributed by atoms with Crippen LogP contribution >= 0.6 is 22.6 Å². The summed E-state index contributed by atoms with van der Waals surface area (Å²) in [5, 5.41) is 4.01. The van der Waals surface area contributed by atoms with Crippen molar-refractivity contribution >= 4 is 22.6 Å². The Kier molecular flexibility index (Phi) is 4.36. The molecule has 102 valence electrons. The van der Waals surface area contributed by atoms with Crippen molar-refractivity contribution in [2.24, 2.45) is 5.92 Å². The Hall–Kier alpha value is -0.510. The van der Waals surface area contributed by atoms with Crippen LogP contribution in [0, 0.1) is 9.49 Å². The van der Waals surface area contributed by atoms with E-state index in [0.29, 0.717) is 22.6 Å². The predicted molar refractivity (Wildman–Crippen MR) is 65.4 cm³/mol. The Morgan fingerprint density at radius 1 is 1.56 bits per heavy atom.